The zero-order valence-corrected chi connectivity index (χ0v) is 11.1. The van der Waals surface area contributed by atoms with Gasteiger partial charge in [0.1, 0.15) is 11.6 Å². The summed E-state index contributed by atoms with van der Waals surface area (Å²) >= 11 is 0. The van der Waals surface area contributed by atoms with E-state index in [1.807, 2.05) is 0 Å². The summed E-state index contributed by atoms with van der Waals surface area (Å²) in [6.07, 6.45) is -1.93. The van der Waals surface area contributed by atoms with Gasteiger partial charge in [0.25, 0.3) is 0 Å². The minimum absolute atomic E-state index is 0.00653. The quantitative estimate of drug-likeness (QED) is 0.331. The van der Waals surface area contributed by atoms with Gasteiger partial charge >= 0.3 is 0 Å². The van der Waals surface area contributed by atoms with Crippen LogP contribution in [0.2, 0.25) is 0 Å². The molecule has 0 aliphatic heterocycles. The van der Waals surface area contributed by atoms with E-state index in [1.165, 1.54) is 0 Å². The number of aliphatic carboxylic acids is 3. The summed E-state index contributed by atoms with van der Waals surface area (Å²) in [5.74, 6) is -6.20. The molecule has 0 radical (unpaired) electrons. The topological polar surface area (TPSA) is 197 Å². The first-order chi connectivity index (χ1) is 9.58. The highest BCUT2D eigenvalue weighted by Crippen LogP contribution is 2.14. The van der Waals surface area contributed by atoms with Crippen molar-refractivity contribution >= 4 is 23.8 Å². The summed E-state index contributed by atoms with van der Waals surface area (Å²) in [5.41, 5.74) is 0.438. The number of quaternary nitrogens is 1. The number of carbonyl (C=O) groups excluding carboxylic acids is 4. The van der Waals surface area contributed by atoms with E-state index in [0.29, 0.717) is 0 Å². The van der Waals surface area contributed by atoms with Gasteiger partial charge in [0, 0.05) is 25.4 Å². The molecule has 10 nitrogen and oxygen atoms in total. The van der Waals surface area contributed by atoms with Crippen LogP contribution >= 0.6 is 0 Å². The van der Waals surface area contributed by atoms with Gasteiger partial charge in [-0.3, -0.25) is 4.79 Å². The van der Waals surface area contributed by atoms with Crippen LogP contribution in [0.3, 0.4) is 0 Å². The van der Waals surface area contributed by atoms with Gasteiger partial charge in [-0.2, -0.15) is 0 Å². The summed E-state index contributed by atoms with van der Waals surface area (Å²) in [4.78, 5) is 42.8. The fourth-order valence-electron chi connectivity index (χ4n) is 1.47. The molecule has 0 saturated carbocycles. The fraction of sp³-hybridized carbons (Fsp3) is 0.636. The van der Waals surface area contributed by atoms with Gasteiger partial charge in [0.2, 0.25) is 5.91 Å². The largest absolute Gasteiger partial charge is 0.550 e. The predicted molar refractivity (Wildman–Crippen MR) is 58.1 cm³/mol. The van der Waals surface area contributed by atoms with E-state index in [-0.39, 0.29) is 19.4 Å². The van der Waals surface area contributed by atoms with Crippen molar-refractivity contribution in [1.29, 1.82) is 0 Å². The first kappa shape index (κ1) is 18.8. The van der Waals surface area contributed by atoms with Crippen molar-refractivity contribution in [3.63, 3.8) is 0 Å². The molecule has 120 valence electrons. The van der Waals surface area contributed by atoms with Crippen molar-refractivity contribution in [1.82, 2.24) is 5.32 Å². The average molecular weight is 304 g/mol. The highest BCUT2D eigenvalue weighted by atomic mass is 16.4. The molecule has 0 aliphatic rings. The molecule has 2 atom stereocenters. The molecule has 0 bridgehead atoms. The number of amides is 1. The van der Waals surface area contributed by atoms with E-state index in [0.717, 1.165) is 0 Å². The van der Waals surface area contributed by atoms with Gasteiger partial charge in [-0.1, -0.05) is 0 Å². The molecule has 1 amide bonds. The van der Waals surface area contributed by atoms with Crippen LogP contribution in [0.25, 0.3) is 0 Å². The molecule has 0 saturated heterocycles. The van der Waals surface area contributed by atoms with E-state index in [1.54, 1.807) is 0 Å². The number of carboxylic acids is 3. The summed E-state index contributed by atoms with van der Waals surface area (Å²) < 4.78 is 0. The minimum atomic E-state index is -2.86. The Bertz CT molecular complexity index is 424. The maximum absolute atomic E-state index is 11.4. The van der Waals surface area contributed by atoms with Crippen LogP contribution in [0.5, 0.6) is 0 Å². The molecule has 5 N–H and O–H groups in total. The Kier molecular flexibility index (Phi) is 7.31. The van der Waals surface area contributed by atoms with Crippen molar-refractivity contribution in [2.45, 2.75) is 37.3 Å². The van der Waals surface area contributed by atoms with Gasteiger partial charge in [0.05, 0.1) is 18.4 Å². The van der Waals surface area contributed by atoms with Gasteiger partial charge in [-0.15, -0.1) is 0 Å². The Hall–Kier alpha value is -2.20. The van der Waals surface area contributed by atoms with Crippen LogP contribution < -0.4 is 26.4 Å². The zero-order chi connectivity index (χ0) is 16.6. The molecular formula is C11H16N2O8-2. The molecule has 0 aromatic heterocycles. The van der Waals surface area contributed by atoms with Crippen LogP contribution in [0.1, 0.15) is 25.7 Å². The van der Waals surface area contributed by atoms with E-state index in [4.69, 9.17) is 0 Å². The van der Waals surface area contributed by atoms with E-state index in [9.17, 15) is 39.6 Å². The second-order valence-electron chi connectivity index (χ2n) is 4.55. The standard InChI is InChI=1S/C11H18N2O8/c12-6(9(17)18)2-1-3-13-7(14)4-11(21,10(19)20)5-8(15)16/h6,21H,1-5,12H2,(H,13,14)(H,15,16)(H,17,18)(H,19,20)/p-2/t6-,11+/m1/s1. The molecule has 0 aromatic rings. The molecule has 0 unspecified atom stereocenters. The predicted octanol–water partition coefficient (Wildman–Crippen LogP) is -6.75. The van der Waals surface area contributed by atoms with Gasteiger partial charge in [-0.05, 0) is 6.42 Å². The Morgan fingerprint density at radius 2 is 1.71 bits per heavy atom. The summed E-state index contributed by atoms with van der Waals surface area (Å²) in [5, 5.41) is 43.1. The van der Waals surface area contributed by atoms with Gasteiger partial charge in [-0.25, -0.2) is 0 Å². The second-order valence-corrected chi connectivity index (χ2v) is 4.55. The second kappa shape index (κ2) is 8.17. The fourth-order valence-corrected chi connectivity index (χ4v) is 1.47. The van der Waals surface area contributed by atoms with Crippen molar-refractivity contribution in [2.24, 2.45) is 0 Å². The van der Waals surface area contributed by atoms with E-state index in [2.05, 4.69) is 11.1 Å². The summed E-state index contributed by atoms with van der Waals surface area (Å²) in [6.45, 7) is 0.00653. The number of nitrogens with one attached hydrogen (secondary N) is 1. The number of carbonyl (C=O) groups is 4. The third-order valence-corrected chi connectivity index (χ3v) is 2.65. The lowest BCUT2D eigenvalue weighted by Gasteiger charge is -2.28. The number of rotatable bonds is 10. The maximum atomic E-state index is 11.4. The van der Waals surface area contributed by atoms with Crippen molar-refractivity contribution in [2.75, 3.05) is 6.54 Å². The molecule has 0 fully saturated rings. The molecular weight excluding hydrogens is 288 g/mol. The smallest absolute Gasteiger partial charge is 0.223 e. The van der Waals surface area contributed by atoms with Crippen molar-refractivity contribution in [3.8, 4) is 0 Å². The van der Waals surface area contributed by atoms with Gasteiger partial charge < -0.3 is 45.9 Å². The third kappa shape index (κ3) is 7.22. The molecule has 21 heavy (non-hydrogen) atoms. The van der Waals surface area contributed by atoms with Gasteiger partial charge in [0.15, 0.2) is 0 Å². The zero-order valence-electron chi connectivity index (χ0n) is 11.1. The van der Waals surface area contributed by atoms with Crippen LogP contribution in [0.15, 0.2) is 0 Å². The lowest BCUT2D eigenvalue weighted by molar-refractivity contribution is -0.438. The van der Waals surface area contributed by atoms with Crippen molar-refractivity contribution in [3.05, 3.63) is 0 Å². The third-order valence-electron chi connectivity index (χ3n) is 2.65. The number of hydrogen-bond acceptors (Lipinski definition) is 8. The lowest BCUT2D eigenvalue weighted by atomic mass is 9.95. The Morgan fingerprint density at radius 1 is 1.14 bits per heavy atom. The van der Waals surface area contributed by atoms with Crippen LogP contribution in [-0.4, -0.2) is 47.1 Å². The Morgan fingerprint density at radius 3 is 2.14 bits per heavy atom. The van der Waals surface area contributed by atoms with E-state index >= 15 is 0 Å². The molecule has 0 aromatic carbocycles. The summed E-state index contributed by atoms with van der Waals surface area (Å²) in [7, 11) is 0. The molecule has 10 heteroatoms. The molecule has 0 aliphatic carbocycles. The van der Waals surface area contributed by atoms with Crippen LogP contribution in [-0.2, 0) is 19.2 Å². The Balaban J connectivity index is 4.25. The lowest BCUT2D eigenvalue weighted by Crippen LogP contribution is -2.68. The monoisotopic (exact) mass is 304 g/mol. The highest BCUT2D eigenvalue weighted by molar-refractivity contribution is 5.88. The first-order valence-electron chi connectivity index (χ1n) is 6.03. The minimum Gasteiger partial charge on any atom is -0.550 e. The highest BCUT2D eigenvalue weighted by Gasteiger charge is 2.32. The maximum Gasteiger partial charge on any atom is 0.223 e. The number of aliphatic hydroxyl groups is 1. The summed E-state index contributed by atoms with van der Waals surface area (Å²) in [6, 6.07) is -0.944. The normalized spacial score (nSPS) is 14.8. The SMILES string of the molecule is [NH3+][C@H](CCCNC(=O)C[C@](O)(CC(=O)[O-])C(=O)[O-])C(=O)[O-]. The van der Waals surface area contributed by atoms with Crippen LogP contribution in [0.4, 0.5) is 0 Å². The Labute approximate surface area is 119 Å². The van der Waals surface area contributed by atoms with E-state index < -0.39 is 48.3 Å². The average Bonchev–Trinajstić information content (AvgIpc) is 2.32. The number of hydrogen-bond donors (Lipinski definition) is 3. The molecule has 0 heterocycles. The van der Waals surface area contributed by atoms with Crippen LogP contribution in [0, 0.1) is 0 Å². The molecule has 0 rings (SSSR count). The molecule has 0 spiro atoms. The first-order valence-corrected chi connectivity index (χ1v) is 6.03. The number of carboxylic acid groups (broad SMARTS) is 3. The van der Waals surface area contributed by atoms with Crippen molar-refractivity contribution < 1.29 is 45.3 Å².